The van der Waals surface area contributed by atoms with E-state index in [1.54, 1.807) is 0 Å². The van der Waals surface area contributed by atoms with Gasteiger partial charge in [-0.1, -0.05) is 24.3 Å². The van der Waals surface area contributed by atoms with Crippen LogP contribution in [0.2, 0.25) is 0 Å². The van der Waals surface area contributed by atoms with E-state index >= 15 is 0 Å². The van der Waals surface area contributed by atoms with Crippen LogP contribution in [-0.4, -0.2) is 28.6 Å². The van der Waals surface area contributed by atoms with E-state index in [9.17, 15) is 18.0 Å². The number of nitrogens with one attached hydrogen (secondary N) is 4. The van der Waals surface area contributed by atoms with Gasteiger partial charge >= 0.3 is 5.69 Å². The molecule has 24 heavy (non-hydrogen) atoms. The van der Waals surface area contributed by atoms with Crippen molar-refractivity contribution in [3.8, 4) is 11.3 Å². The molecule has 2 aromatic heterocycles. The van der Waals surface area contributed by atoms with Crippen LogP contribution in [0.4, 0.5) is 5.82 Å². The third-order valence-electron chi connectivity index (χ3n) is 3.33. The van der Waals surface area contributed by atoms with E-state index in [4.69, 9.17) is 0 Å². The Morgan fingerprint density at radius 1 is 1.17 bits per heavy atom. The van der Waals surface area contributed by atoms with Gasteiger partial charge in [-0.05, 0) is 12.5 Å². The molecule has 0 saturated heterocycles. The maximum Gasteiger partial charge on any atom is 0.325 e. The van der Waals surface area contributed by atoms with Gasteiger partial charge in [0.2, 0.25) is 0 Å². The maximum atomic E-state index is 12.2. The first-order valence-corrected chi connectivity index (χ1v) is 8.31. The summed E-state index contributed by atoms with van der Waals surface area (Å²) in [7, 11) is -4.19. The molecule has 10 heteroatoms. The second-order valence-corrected chi connectivity index (χ2v) is 6.67. The van der Waals surface area contributed by atoms with Crippen molar-refractivity contribution in [1.29, 1.82) is 0 Å². The van der Waals surface area contributed by atoms with E-state index in [1.165, 1.54) is 6.07 Å². The van der Waals surface area contributed by atoms with Crippen LogP contribution in [0.15, 0.2) is 51.0 Å². The zero-order valence-corrected chi connectivity index (χ0v) is 13.3. The molecular weight excluding hydrogens is 334 g/mol. The molecule has 3 aromatic rings. The molecule has 4 N–H and O–H groups in total. The third-order valence-corrected chi connectivity index (χ3v) is 4.69. The van der Waals surface area contributed by atoms with E-state index < -0.39 is 26.2 Å². The minimum absolute atomic E-state index is 0.0267. The standard InChI is InChI=1S/C14H13N5O4S/c1-8-4-2-3-5-9(8)10-6-12(18-17-10)19-24(22,23)11-7-15-14(21)16-13(11)20/h2-7H,1H3,(H2,17,18,19)(H2,15,16,20,21). The zero-order chi connectivity index (χ0) is 17.3. The number of benzene rings is 1. The normalized spacial score (nSPS) is 11.4. The summed E-state index contributed by atoms with van der Waals surface area (Å²) in [6.45, 7) is 1.92. The van der Waals surface area contributed by atoms with Crippen LogP contribution < -0.4 is 16.0 Å². The van der Waals surface area contributed by atoms with Gasteiger partial charge in [0, 0.05) is 17.8 Å². The van der Waals surface area contributed by atoms with Crippen LogP contribution in [0, 0.1) is 6.92 Å². The molecule has 0 unspecified atom stereocenters. The number of H-pyrrole nitrogens is 3. The van der Waals surface area contributed by atoms with Crippen LogP contribution in [0.5, 0.6) is 0 Å². The lowest BCUT2D eigenvalue weighted by Gasteiger charge is -2.03. The maximum absolute atomic E-state index is 12.2. The number of aryl methyl sites for hydroxylation is 1. The molecule has 3 rings (SSSR count). The fraction of sp³-hybridized carbons (Fsp3) is 0.0714. The molecule has 124 valence electrons. The first-order valence-electron chi connectivity index (χ1n) is 6.83. The van der Waals surface area contributed by atoms with Gasteiger partial charge in [-0.2, -0.15) is 5.10 Å². The average Bonchev–Trinajstić information content (AvgIpc) is 2.94. The lowest BCUT2D eigenvalue weighted by Crippen LogP contribution is -2.29. The molecule has 0 spiro atoms. The minimum atomic E-state index is -4.19. The highest BCUT2D eigenvalue weighted by molar-refractivity contribution is 7.92. The Balaban J connectivity index is 1.93. The van der Waals surface area contributed by atoms with E-state index in [-0.39, 0.29) is 5.82 Å². The first-order chi connectivity index (χ1) is 11.4. The number of rotatable bonds is 4. The molecule has 0 amide bonds. The lowest BCUT2D eigenvalue weighted by atomic mass is 10.1. The lowest BCUT2D eigenvalue weighted by molar-refractivity contribution is 0.598. The van der Waals surface area contributed by atoms with Crippen LogP contribution in [0.1, 0.15) is 5.56 Å². The molecule has 2 heterocycles. The Morgan fingerprint density at radius 3 is 2.62 bits per heavy atom. The molecule has 0 aliphatic heterocycles. The number of aromatic nitrogens is 4. The van der Waals surface area contributed by atoms with Gasteiger partial charge in [0.25, 0.3) is 15.6 Å². The van der Waals surface area contributed by atoms with E-state index in [1.807, 2.05) is 36.2 Å². The van der Waals surface area contributed by atoms with Gasteiger partial charge in [-0.3, -0.25) is 19.6 Å². The summed E-state index contributed by atoms with van der Waals surface area (Å²) in [5.74, 6) is 0.0267. The number of hydrogen-bond acceptors (Lipinski definition) is 5. The largest absolute Gasteiger partial charge is 0.325 e. The summed E-state index contributed by atoms with van der Waals surface area (Å²) in [6, 6.07) is 9.04. The van der Waals surface area contributed by atoms with Crippen molar-refractivity contribution in [2.45, 2.75) is 11.8 Å². The summed E-state index contributed by atoms with van der Waals surface area (Å²) in [5.41, 5.74) is 0.688. The van der Waals surface area contributed by atoms with Crippen LogP contribution in [0.3, 0.4) is 0 Å². The fourth-order valence-corrected chi connectivity index (χ4v) is 3.18. The van der Waals surface area contributed by atoms with Gasteiger partial charge in [0.05, 0.1) is 5.69 Å². The van der Waals surface area contributed by atoms with Gasteiger partial charge < -0.3 is 4.98 Å². The summed E-state index contributed by atoms with van der Waals surface area (Å²) < 4.78 is 26.7. The topological polar surface area (TPSA) is 141 Å². The molecule has 0 radical (unpaired) electrons. The fourth-order valence-electron chi connectivity index (χ4n) is 2.18. The van der Waals surface area contributed by atoms with Gasteiger partial charge in [0.1, 0.15) is 0 Å². The van der Waals surface area contributed by atoms with Crippen molar-refractivity contribution in [3.63, 3.8) is 0 Å². The summed E-state index contributed by atoms with van der Waals surface area (Å²) in [5, 5.41) is 6.63. The average molecular weight is 347 g/mol. The van der Waals surface area contributed by atoms with Crippen molar-refractivity contribution in [2.75, 3.05) is 4.72 Å². The van der Waals surface area contributed by atoms with E-state index in [0.717, 1.165) is 17.3 Å². The monoisotopic (exact) mass is 347 g/mol. The molecule has 0 aliphatic carbocycles. The number of hydrogen-bond donors (Lipinski definition) is 4. The molecular formula is C14H13N5O4S. The Labute approximate surface area is 135 Å². The Kier molecular flexibility index (Phi) is 3.81. The smallest absolute Gasteiger partial charge is 0.313 e. The van der Waals surface area contributed by atoms with E-state index in [0.29, 0.717) is 5.69 Å². The second-order valence-electron chi connectivity index (χ2n) is 5.02. The predicted octanol–water partition coefficient (Wildman–Crippen LogP) is 0.563. The van der Waals surface area contributed by atoms with Gasteiger partial charge in [0.15, 0.2) is 10.7 Å². The van der Waals surface area contributed by atoms with Gasteiger partial charge in [-0.15, -0.1) is 0 Å². The molecule has 0 aliphatic rings. The Morgan fingerprint density at radius 2 is 1.92 bits per heavy atom. The molecule has 0 saturated carbocycles. The number of sulfonamides is 1. The molecule has 9 nitrogen and oxygen atoms in total. The van der Waals surface area contributed by atoms with Crippen molar-refractivity contribution < 1.29 is 8.42 Å². The van der Waals surface area contributed by atoms with Crippen LogP contribution in [0.25, 0.3) is 11.3 Å². The Hall–Kier alpha value is -3.14. The van der Waals surface area contributed by atoms with E-state index in [2.05, 4.69) is 19.9 Å². The highest BCUT2D eigenvalue weighted by atomic mass is 32.2. The van der Waals surface area contributed by atoms with Gasteiger partial charge in [-0.25, -0.2) is 13.2 Å². The summed E-state index contributed by atoms with van der Waals surface area (Å²) in [6.07, 6.45) is 0.832. The number of nitrogens with zero attached hydrogens (tertiary/aromatic N) is 1. The summed E-state index contributed by atoms with van der Waals surface area (Å²) in [4.78, 5) is 26.0. The van der Waals surface area contributed by atoms with Crippen LogP contribution in [-0.2, 0) is 10.0 Å². The van der Waals surface area contributed by atoms with Crippen LogP contribution >= 0.6 is 0 Å². The summed E-state index contributed by atoms with van der Waals surface area (Å²) >= 11 is 0. The zero-order valence-electron chi connectivity index (χ0n) is 12.5. The predicted molar refractivity (Wildman–Crippen MR) is 87.3 cm³/mol. The quantitative estimate of drug-likeness (QED) is 0.546. The number of anilines is 1. The number of aromatic amines is 3. The van der Waals surface area contributed by atoms with Crippen molar-refractivity contribution in [2.24, 2.45) is 0 Å². The first kappa shape index (κ1) is 15.7. The highest BCUT2D eigenvalue weighted by Gasteiger charge is 2.20. The molecule has 0 bridgehead atoms. The van der Waals surface area contributed by atoms with Crippen molar-refractivity contribution >= 4 is 15.8 Å². The molecule has 1 aromatic carbocycles. The SMILES string of the molecule is Cc1ccccc1-c1cc(NS(=O)(=O)c2c[nH]c(=O)[nH]c2=O)n[nH]1. The highest BCUT2D eigenvalue weighted by Crippen LogP contribution is 2.23. The second kappa shape index (κ2) is 5.81. The minimum Gasteiger partial charge on any atom is -0.313 e. The van der Waals surface area contributed by atoms with Crippen molar-refractivity contribution in [3.05, 3.63) is 62.9 Å². The molecule has 0 atom stereocenters. The Bertz CT molecular complexity index is 1110. The molecule has 0 fully saturated rings. The third kappa shape index (κ3) is 2.99. The van der Waals surface area contributed by atoms with Crippen molar-refractivity contribution in [1.82, 2.24) is 20.2 Å².